The minimum absolute atomic E-state index is 0.0434. The molecule has 142 valence electrons. The SMILES string of the molecule is CCn1c2ccccc2c2cc(C(=O)NCCc3cccc(OC)c3)ccc21. The number of aromatic nitrogens is 1. The van der Waals surface area contributed by atoms with Crippen molar-refractivity contribution in [3.05, 3.63) is 77.9 Å². The molecule has 1 N–H and O–H groups in total. The summed E-state index contributed by atoms with van der Waals surface area (Å²) in [5.41, 5.74) is 4.20. The van der Waals surface area contributed by atoms with Gasteiger partial charge < -0.3 is 14.6 Å². The first kappa shape index (κ1) is 18.1. The average Bonchev–Trinajstić information content (AvgIpc) is 3.06. The van der Waals surface area contributed by atoms with Crippen LogP contribution in [-0.2, 0) is 13.0 Å². The second-order valence-electron chi connectivity index (χ2n) is 6.85. The number of fused-ring (bicyclic) bond motifs is 3. The van der Waals surface area contributed by atoms with Crippen molar-refractivity contribution >= 4 is 27.7 Å². The maximum atomic E-state index is 12.7. The van der Waals surface area contributed by atoms with Gasteiger partial charge in [0.2, 0.25) is 0 Å². The molecule has 0 radical (unpaired) electrons. The van der Waals surface area contributed by atoms with Gasteiger partial charge in [-0.3, -0.25) is 4.79 Å². The smallest absolute Gasteiger partial charge is 0.251 e. The van der Waals surface area contributed by atoms with Gasteiger partial charge in [0.15, 0.2) is 0 Å². The summed E-state index contributed by atoms with van der Waals surface area (Å²) in [6.45, 7) is 3.63. The van der Waals surface area contributed by atoms with Crippen LogP contribution in [0.1, 0.15) is 22.8 Å². The lowest BCUT2D eigenvalue weighted by Gasteiger charge is -2.08. The van der Waals surface area contributed by atoms with Gasteiger partial charge in [0.05, 0.1) is 7.11 Å². The number of hydrogen-bond acceptors (Lipinski definition) is 2. The van der Waals surface area contributed by atoms with Gasteiger partial charge in [-0.2, -0.15) is 0 Å². The number of ether oxygens (including phenoxy) is 1. The number of methoxy groups -OCH3 is 1. The van der Waals surface area contributed by atoms with Gasteiger partial charge in [0, 0.05) is 40.5 Å². The third kappa shape index (κ3) is 3.33. The summed E-state index contributed by atoms with van der Waals surface area (Å²) < 4.78 is 7.54. The van der Waals surface area contributed by atoms with Gasteiger partial charge in [-0.15, -0.1) is 0 Å². The Labute approximate surface area is 164 Å². The highest BCUT2D eigenvalue weighted by molar-refractivity contribution is 6.10. The molecule has 0 bridgehead atoms. The highest BCUT2D eigenvalue weighted by atomic mass is 16.5. The summed E-state index contributed by atoms with van der Waals surface area (Å²) in [6, 6.07) is 22.2. The number of aryl methyl sites for hydroxylation is 1. The number of rotatable bonds is 6. The highest BCUT2D eigenvalue weighted by Crippen LogP contribution is 2.29. The van der Waals surface area contributed by atoms with E-state index in [1.54, 1.807) is 7.11 Å². The predicted molar refractivity (Wildman–Crippen MR) is 114 cm³/mol. The molecule has 0 atom stereocenters. The number of nitrogens with zero attached hydrogens (tertiary/aromatic N) is 1. The van der Waals surface area contributed by atoms with Crippen molar-refractivity contribution in [2.75, 3.05) is 13.7 Å². The third-order valence-corrected chi connectivity index (χ3v) is 5.18. The van der Waals surface area contributed by atoms with Crippen LogP contribution in [0, 0.1) is 0 Å². The maximum Gasteiger partial charge on any atom is 0.251 e. The number of carbonyl (C=O) groups is 1. The van der Waals surface area contributed by atoms with Crippen molar-refractivity contribution in [1.29, 1.82) is 0 Å². The van der Waals surface area contributed by atoms with Gasteiger partial charge in [0.25, 0.3) is 5.91 Å². The molecule has 0 aliphatic heterocycles. The van der Waals surface area contributed by atoms with Crippen LogP contribution < -0.4 is 10.1 Å². The van der Waals surface area contributed by atoms with Crippen molar-refractivity contribution < 1.29 is 9.53 Å². The second kappa shape index (κ2) is 7.77. The summed E-state index contributed by atoms with van der Waals surface area (Å²) in [4.78, 5) is 12.7. The van der Waals surface area contributed by atoms with Crippen LogP contribution in [0.4, 0.5) is 0 Å². The Balaban J connectivity index is 1.53. The van der Waals surface area contributed by atoms with Gasteiger partial charge in [-0.05, 0) is 55.3 Å². The molecule has 4 heteroatoms. The van der Waals surface area contributed by atoms with E-state index >= 15 is 0 Å². The summed E-state index contributed by atoms with van der Waals surface area (Å²) in [6.07, 6.45) is 0.764. The van der Waals surface area contributed by atoms with Crippen LogP contribution in [0.3, 0.4) is 0 Å². The monoisotopic (exact) mass is 372 g/mol. The first-order valence-corrected chi connectivity index (χ1v) is 9.63. The van der Waals surface area contributed by atoms with Crippen LogP contribution >= 0.6 is 0 Å². The van der Waals surface area contributed by atoms with Crippen molar-refractivity contribution in [1.82, 2.24) is 9.88 Å². The number of nitrogens with one attached hydrogen (secondary N) is 1. The molecule has 0 unspecified atom stereocenters. The molecule has 1 amide bonds. The summed E-state index contributed by atoms with van der Waals surface area (Å²) >= 11 is 0. The van der Waals surface area contributed by atoms with Crippen molar-refractivity contribution in [3.8, 4) is 5.75 Å². The number of benzene rings is 3. The summed E-state index contributed by atoms with van der Waals surface area (Å²) in [7, 11) is 1.66. The largest absolute Gasteiger partial charge is 0.497 e. The third-order valence-electron chi connectivity index (χ3n) is 5.18. The Morgan fingerprint density at radius 1 is 0.964 bits per heavy atom. The normalized spacial score (nSPS) is 11.1. The van der Waals surface area contributed by atoms with Gasteiger partial charge in [-0.25, -0.2) is 0 Å². The van der Waals surface area contributed by atoms with Crippen LogP contribution in [0.25, 0.3) is 21.8 Å². The molecule has 0 fully saturated rings. The quantitative estimate of drug-likeness (QED) is 0.528. The molecule has 4 rings (SSSR count). The van der Waals surface area contributed by atoms with Gasteiger partial charge in [0.1, 0.15) is 5.75 Å². The van der Waals surface area contributed by atoms with Crippen molar-refractivity contribution in [2.45, 2.75) is 19.9 Å². The Morgan fingerprint density at radius 3 is 2.61 bits per heavy atom. The summed E-state index contributed by atoms with van der Waals surface area (Å²) in [5.74, 6) is 0.791. The van der Waals surface area contributed by atoms with Crippen LogP contribution in [0.5, 0.6) is 5.75 Å². The Kier molecular flexibility index (Phi) is 5.02. The maximum absolute atomic E-state index is 12.7. The molecule has 1 aromatic heterocycles. The van der Waals surface area contributed by atoms with E-state index in [2.05, 4.69) is 41.1 Å². The molecule has 1 heterocycles. The minimum Gasteiger partial charge on any atom is -0.497 e. The Hall–Kier alpha value is -3.27. The average molecular weight is 372 g/mol. The lowest BCUT2D eigenvalue weighted by molar-refractivity contribution is 0.0954. The topological polar surface area (TPSA) is 43.3 Å². The van der Waals surface area contributed by atoms with E-state index < -0.39 is 0 Å². The fourth-order valence-corrected chi connectivity index (χ4v) is 3.79. The number of para-hydroxylation sites is 1. The molecular weight excluding hydrogens is 348 g/mol. The highest BCUT2D eigenvalue weighted by Gasteiger charge is 2.12. The molecule has 3 aromatic carbocycles. The lowest BCUT2D eigenvalue weighted by atomic mass is 10.1. The molecule has 4 nitrogen and oxygen atoms in total. The molecule has 0 saturated carbocycles. The first-order valence-electron chi connectivity index (χ1n) is 9.63. The Bertz CT molecular complexity index is 1140. The first-order chi connectivity index (χ1) is 13.7. The van der Waals surface area contributed by atoms with Crippen molar-refractivity contribution in [3.63, 3.8) is 0 Å². The number of carbonyl (C=O) groups excluding carboxylic acids is 1. The number of amides is 1. The lowest BCUT2D eigenvalue weighted by Crippen LogP contribution is -2.25. The van der Waals surface area contributed by atoms with Gasteiger partial charge in [-0.1, -0.05) is 30.3 Å². The van der Waals surface area contributed by atoms with Gasteiger partial charge >= 0.3 is 0 Å². The van der Waals surface area contributed by atoms with Crippen LogP contribution in [0.15, 0.2) is 66.7 Å². The van der Waals surface area contributed by atoms with E-state index in [-0.39, 0.29) is 5.91 Å². The van der Waals surface area contributed by atoms with E-state index in [0.29, 0.717) is 12.1 Å². The van der Waals surface area contributed by atoms with Crippen molar-refractivity contribution in [2.24, 2.45) is 0 Å². The molecule has 4 aromatic rings. The van der Waals surface area contributed by atoms with Crippen LogP contribution in [-0.4, -0.2) is 24.1 Å². The zero-order valence-corrected chi connectivity index (χ0v) is 16.2. The zero-order valence-electron chi connectivity index (χ0n) is 16.2. The fraction of sp³-hybridized carbons (Fsp3) is 0.208. The van der Waals surface area contributed by atoms with E-state index in [1.165, 1.54) is 10.9 Å². The van der Waals surface area contributed by atoms with E-state index in [1.807, 2.05) is 42.5 Å². The standard InChI is InChI=1S/C24H24N2O2/c1-3-26-22-10-5-4-9-20(22)21-16-18(11-12-23(21)26)24(27)25-14-13-17-7-6-8-19(15-17)28-2/h4-12,15-16H,3,13-14H2,1-2H3,(H,25,27). The molecule has 0 spiro atoms. The molecule has 0 aliphatic carbocycles. The molecule has 28 heavy (non-hydrogen) atoms. The Morgan fingerprint density at radius 2 is 1.79 bits per heavy atom. The summed E-state index contributed by atoms with van der Waals surface area (Å²) in [5, 5.41) is 5.34. The second-order valence-corrected chi connectivity index (χ2v) is 6.85. The van der Waals surface area contributed by atoms with E-state index in [9.17, 15) is 4.79 Å². The molecule has 0 aliphatic rings. The predicted octanol–water partition coefficient (Wildman–Crippen LogP) is 4.80. The molecule has 0 saturated heterocycles. The molecular formula is C24H24N2O2. The van der Waals surface area contributed by atoms with Crippen LogP contribution in [0.2, 0.25) is 0 Å². The van der Waals surface area contributed by atoms with E-state index in [0.717, 1.165) is 35.2 Å². The fourth-order valence-electron chi connectivity index (χ4n) is 3.79. The number of hydrogen-bond donors (Lipinski definition) is 1. The van der Waals surface area contributed by atoms with E-state index in [4.69, 9.17) is 4.74 Å². The minimum atomic E-state index is -0.0434. The zero-order chi connectivity index (χ0) is 19.5.